The van der Waals surface area contributed by atoms with Crippen molar-refractivity contribution >= 4 is 27.5 Å². The molecule has 0 N–H and O–H groups in total. The van der Waals surface area contributed by atoms with Gasteiger partial charge in [0.05, 0.1) is 35.6 Å². The van der Waals surface area contributed by atoms with Gasteiger partial charge < -0.3 is 14.4 Å². The second-order valence-electron chi connectivity index (χ2n) is 6.50. The van der Waals surface area contributed by atoms with Gasteiger partial charge in [0.15, 0.2) is 0 Å². The van der Waals surface area contributed by atoms with Crippen molar-refractivity contribution in [3.8, 4) is 5.69 Å². The lowest BCUT2D eigenvalue weighted by Crippen LogP contribution is -2.46. The maximum absolute atomic E-state index is 13.2. The van der Waals surface area contributed by atoms with Crippen molar-refractivity contribution in [1.29, 1.82) is 0 Å². The number of hydrogen-bond acceptors (Lipinski definition) is 5. The molecule has 0 bridgehead atoms. The molecule has 1 unspecified atom stereocenters. The Hall–Kier alpha value is -2.29. The van der Waals surface area contributed by atoms with Gasteiger partial charge in [-0.1, -0.05) is 0 Å². The Morgan fingerprint density at radius 1 is 1.41 bits per heavy atom. The molecule has 0 saturated carbocycles. The third kappa shape index (κ3) is 3.47. The lowest BCUT2D eigenvalue weighted by Gasteiger charge is -2.32. The Bertz CT molecular complexity index is 965. The van der Waals surface area contributed by atoms with Gasteiger partial charge in [0.2, 0.25) is 0 Å². The van der Waals surface area contributed by atoms with Crippen molar-refractivity contribution in [1.82, 2.24) is 14.7 Å². The van der Waals surface area contributed by atoms with Crippen molar-refractivity contribution in [3.05, 3.63) is 46.7 Å². The molecule has 142 valence electrons. The van der Waals surface area contributed by atoms with Crippen LogP contribution in [0.5, 0.6) is 0 Å². The number of morpholine rings is 1. The molecular formula is C19H20FN3O3S. The fourth-order valence-corrected chi connectivity index (χ4v) is 4.41. The normalized spacial score (nSPS) is 17.6. The number of halogens is 1. The highest BCUT2D eigenvalue weighted by atomic mass is 32.1. The van der Waals surface area contributed by atoms with Crippen LogP contribution >= 0.6 is 11.3 Å². The Balaban J connectivity index is 1.64. The summed E-state index contributed by atoms with van der Waals surface area (Å²) in [6.07, 6.45) is -0.0986. The lowest BCUT2D eigenvalue weighted by atomic mass is 10.2. The van der Waals surface area contributed by atoms with Crippen molar-refractivity contribution in [2.75, 3.05) is 33.4 Å². The number of carbonyl (C=O) groups excluding carboxylic acids is 1. The summed E-state index contributed by atoms with van der Waals surface area (Å²) in [6.45, 7) is 3.97. The number of thiophene rings is 1. The first-order chi connectivity index (χ1) is 13.1. The number of methoxy groups -OCH3 is 1. The Morgan fingerprint density at radius 2 is 2.19 bits per heavy atom. The molecule has 0 spiro atoms. The number of carbonyl (C=O) groups is 1. The van der Waals surface area contributed by atoms with Crippen LogP contribution in [0.25, 0.3) is 15.9 Å². The monoisotopic (exact) mass is 389 g/mol. The van der Waals surface area contributed by atoms with Crippen molar-refractivity contribution in [2.24, 2.45) is 0 Å². The van der Waals surface area contributed by atoms with Crippen LogP contribution < -0.4 is 0 Å². The van der Waals surface area contributed by atoms with E-state index in [-0.39, 0.29) is 17.8 Å². The number of benzene rings is 1. The van der Waals surface area contributed by atoms with Crippen molar-refractivity contribution in [2.45, 2.75) is 13.0 Å². The predicted octanol–water partition coefficient (Wildman–Crippen LogP) is 3.02. The van der Waals surface area contributed by atoms with Crippen LogP contribution in [0.3, 0.4) is 0 Å². The minimum atomic E-state index is -0.293. The van der Waals surface area contributed by atoms with Gasteiger partial charge >= 0.3 is 0 Å². The average Bonchev–Trinajstić information content (AvgIpc) is 3.23. The lowest BCUT2D eigenvalue weighted by molar-refractivity contribution is -0.0530. The molecule has 1 atom stereocenters. The fraction of sp³-hybridized carbons (Fsp3) is 0.368. The Labute approximate surface area is 160 Å². The SMILES string of the molecule is COCC1CN(C(=O)c2cc3c(C)nn(-c4ccc(F)cc4)c3s2)CCO1. The summed E-state index contributed by atoms with van der Waals surface area (Å²) >= 11 is 1.40. The van der Waals surface area contributed by atoms with E-state index in [0.717, 1.165) is 21.6 Å². The number of amides is 1. The molecule has 8 heteroatoms. The third-order valence-electron chi connectivity index (χ3n) is 4.61. The number of aryl methyl sites for hydroxylation is 1. The van der Waals surface area contributed by atoms with Gasteiger partial charge in [-0.2, -0.15) is 5.10 Å². The molecule has 1 saturated heterocycles. The summed E-state index contributed by atoms with van der Waals surface area (Å²) < 4.78 is 25.8. The summed E-state index contributed by atoms with van der Waals surface area (Å²) in [4.78, 5) is 16.3. The summed E-state index contributed by atoms with van der Waals surface area (Å²) in [7, 11) is 1.63. The van der Waals surface area contributed by atoms with E-state index in [1.54, 1.807) is 23.9 Å². The first-order valence-electron chi connectivity index (χ1n) is 8.71. The minimum Gasteiger partial charge on any atom is -0.382 e. The van der Waals surface area contributed by atoms with Gasteiger partial charge in [0.25, 0.3) is 5.91 Å². The molecule has 27 heavy (non-hydrogen) atoms. The van der Waals surface area contributed by atoms with Crippen LogP contribution in [0.1, 0.15) is 15.4 Å². The van der Waals surface area contributed by atoms with Crippen LogP contribution in [0.15, 0.2) is 30.3 Å². The maximum atomic E-state index is 13.2. The van der Waals surface area contributed by atoms with Gasteiger partial charge in [0, 0.05) is 25.6 Å². The van der Waals surface area contributed by atoms with Crippen LogP contribution in [0.2, 0.25) is 0 Å². The topological polar surface area (TPSA) is 56.6 Å². The van der Waals surface area contributed by atoms with Crippen LogP contribution in [-0.2, 0) is 9.47 Å². The first-order valence-corrected chi connectivity index (χ1v) is 9.53. The molecule has 3 heterocycles. The van der Waals surface area contributed by atoms with Crippen LogP contribution in [-0.4, -0.2) is 60.1 Å². The zero-order valence-electron chi connectivity index (χ0n) is 15.1. The van der Waals surface area contributed by atoms with E-state index in [9.17, 15) is 9.18 Å². The summed E-state index contributed by atoms with van der Waals surface area (Å²) in [5, 5.41) is 5.48. The minimum absolute atomic E-state index is 0.00865. The highest BCUT2D eigenvalue weighted by Crippen LogP contribution is 2.31. The molecule has 0 radical (unpaired) electrons. The number of rotatable bonds is 4. The first kappa shape index (κ1) is 18.1. The maximum Gasteiger partial charge on any atom is 0.264 e. The number of hydrogen-bond donors (Lipinski definition) is 0. The molecule has 1 amide bonds. The smallest absolute Gasteiger partial charge is 0.264 e. The molecule has 1 aromatic carbocycles. The Morgan fingerprint density at radius 3 is 2.93 bits per heavy atom. The van der Waals surface area contributed by atoms with E-state index in [0.29, 0.717) is 31.2 Å². The highest BCUT2D eigenvalue weighted by molar-refractivity contribution is 7.20. The van der Waals surface area contributed by atoms with E-state index in [4.69, 9.17) is 9.47 Å². The van der Waals surface area contributed by atoms with E-state index in [2.05, 4.69) is 5.10 Å². The molecule has 3 aromatic rings. The van der Waals surface area contributed by atoms with E-state index in [1.165, 1.54) is 23.5 Å². The molecule has 1 fully saturated rings. The number of fused-ring (bicyclic) bond motifs is 1. The zero-order chi connectivity index (χ0) is 19.0. The van der Waals surface area contributed by atoms with Gasteiger partial charge in [-0.15, -0.1) is 11.3 Å². The van der Waals surface area contributed by atoms with Gasteiger partial charge in [0.1, 0.15) is 10.6 Å². The van der Waals surface area contributed by atoms with Gasteiger partial charge in [-0.05, 0) is 37.3 Å². The molecular weight excluding hydrogens is 369 g/mol. The summed E-state index contributed by atoms with van der Waals surface area (Å²) in [5.41, 5.74) is 1.60. The molecule has 4 rings (SSSR count). The largest absolute Gasteiger partial charge is 0.382 e. The van der Waals surface area contributed by atoms with E-state index in [1.807, 2.05) is 17.9 Å². The summed E-state index contributed by atoms with van der Waals surface area (Å²) in [5.74, 6) is -0.301. The van der Waals surface area contributed by atoms with Gasteiger partial charge in [-0.25, -0.2) is 9.07 Å². The molecule has 6 nitrogen and oxygen atoms in total. The quantitative estimate of drug-likeness (QED) is 0.688. The Kier molecular flexibility index (Phi) is 4.94. The van der Waals surface area contributed by atoms with Crippen LogP contribution in [0, 0.1) is 12.7 Å². The standard InChI is InChI=1S/C19H20FN3O3S/c1-12-16-9-17(18(24)22-7-8-26-15(10-22)11-25-2)27-19(16)23(21-12)14-5-3-13(20)4-6-14/h3-6,9,15H,7-8,10-11H2,1-2H3. The number of nitrogens with zero attached hydrogens (tertiary/aromatic N) is 3. The fourth-order valence-electron chi connectivity index (χ4n) is 3.26. The molecule has 1 aliphatic heterocycles. The average molecular weight is 389 g/mol. The second kappa shape index (κ2) is 7.38. The van der Waals surface area contributed by atoms with Crippen LogP contribution in [0.4, 0.5) is 4.39 Å². The number of aromatic nitrogens is 2. The van der Waals surface area contributed by atoms with E-state index >= 15 is 0 Å². The molecule has 0 aliphatic carbocycles. The molecule has 2 aromatic heterocycles. The second-order valence-corrected chi connectivity index (χ2v) is 7.53. The highest BCUT2D eigenvalue weighted by Gasteiger charge is 2.27. The predicted molar refractivity (Wildman–Crippen MR) is 101 cm³/mol. The van der Waals surface area contributed by atoms with E-state index < -0.39 is 0 Å². The van der Waals surface area contributed by atoms with Gasteiger partial charge in [-0.3, -0.25) is 4.79 Å². The third-order valence-corrected chi connectivity index (χ3v) is 5.70. The summed E-state index contributed by atoms with van der Waals surface area (Å²) in [6, 6.07) is 8.06. The van der Waals surface area contributed by atoms with Crippen molar-refractivity contribution < 1.29 is 18.7 Å². The molecule has 1 aliphatic rings. The van der Waals surface area contributed by atoms with Crippen molar-refractivity contribution in [3.63, 3.8) is 0 Å². The number of ether oxygens (including phenoxy) is 2. The zero-order valence-corrected chi connectivity index (χ0v) is 16.0.